The fourth-order valence-electron chi connectivity index (χ4n) is 2.76. The van der Waals surface area contributed by atoms with E-state index in [1.807, 2.05) is 12.1 Å². The summed E-state index contributed by atoms with van der Waals surface area (Å²) < 4.78 is 17.6. The van der Waals surface area contributed by atoms with Crippen molar-refractivity contribution < 1.29 is 13.7 Å². The lowest BCUT2D eigenvalue weighted by atomic mass is 9.90. The standard InChI is InChI=1S/C16H18FN3O2/c17-14-3-1-12(2-4-14)11-13-5-8-20(9-6-13)16(21)18-15-7-10-22-19-15/h1-4,7,10,13H,5-6,8-9,11H2,(H,18,19,21). The van der Waals surface area contributed by atoms with Crippen molar-refractivity contribution in [2.45, 2.75) is 19.3 Å². The van der Waals surface area contributed by atoms with Crippen molar-refractivity contribution in [2.75, 3.05) is 18.4 Å². The van der Waals surface area contributed by atoms with Crippen LogP contribution in [0.3, 0.4) is 0 Å². The summed E-state index contributed by atoms with van der Waals surface area (Å²) in [4.78, 5) is 13.8. The number of anilines is 1. The van der Waals surface area contributed by atoms with Crippen LogP contribution in [-0.2, 0) is 6.42 Å². The summed E-state index contributed by atoms with van der Waals surface area (Å²) in [5.41, 5.74) is 1.15. The summed E-state index contributed by atoms with van der Waals surface area (Å²) in [6.07, 6.45) is 4.25. The van der Waals surface area contributed by atoms with E-state index < -0.39 is 0 Å². The molecule has 1 aromatic heterocycles. The fraction of sp³-hybridized carbons (Fsp3) is 0.375. The SMILES string of the molecule is O=C(Nc1ccon1)N1CCC(Cc2ccc(F)cc2)CC1. The Morgan fingerprint density at radius 3 is 2.64 bits per heavy atom. The van der Waals surface area contributed by atoms with Gasteiger partial charge in [0, 0.05) is 19.2 Å². The lowest BCUT2D eigenvalue weighted by molar-refractivity contribution is 0.182. The molecule has 2 aromatic rings. The molecule has 0 unspecified atom stereocenters. The minimum Gasteiger partial charge on any atom is -0.363 e. The molecule has 0 atom stereocenters. The molecule has 3 rings (SSSR count). The third kappa shape index (κ3) is 3.63. The van der Waals surface area contributed by atoms with Crippen molar-refractivity contribution in [3.05, 3.63) is 48.0 Å². The minimum absolute atomic E-state index is 0.144. The van der Waals surface area contributed by atoms with Gasteiger partial charge < -0.3 is 9.42 Å². The van der Waals surface area contributed by atoms with Crippen LogP contribution in [0.15, 0.2) is 41.1 Å². The molecule has 1 aromatic carbocycles. The first-order valence-corrected chi connectivity index (χ1v) is 7.41. The van der Waals surface area contributed by atoms with Gasteiger partial charge in [0.05, 0.1) is 0 Å². The van der Waals surface area contributed by atoms with Gasteiger partial charge in [-0.3, -0.25) is 5.32 Å². The first kappa shape index (κ1) is 14.6. The van der Waals surface area contributed by atoms with Gasteiger partial charge in [0.1, 0.15) is 12.1 Å². The third-order valence-electron chi connectivity index (χ3n) is 4.01. The number of aromatic nitrogens is 1. The Morgan fingerprint density at radius 1 is 1.27 bits per heavy atom. The second-order valence-corrected chi connectivity index (χ2v) is 5.58. The lowest BCUT2D eigenvalue weighted by Crippen LogP contribution is -2.41. The highest BCUT2D eigenvalue weighted by Crippen LogP contribution is 2.22. The van der Waals surface area contributed by atoms with E-state index in [9.17, 15) is 9.18 Å². The van der Waals surface area contributed by atoms with Crippen molar-refractivity contribution >= 4 is 11.8 Å². The van der Waals surface area contributed by atoms with Crippen LogP contribution in [0.5, 0.6) is 0 Å². The van der Waals surface area contributed by atoms with Gasteiger partial charge in [0.15, 0.2) is 5.82 Å². The van der Waals surface area contributed by atoms with Crippen LogP contribution >= 0.6 is 0 Å². The Bertz CT molecular complexity index is 605. The van der Waals surface area contributed by atoms with Crippen molar-refractivity contribution in [1.29, 1.82) is 0 Å². The average molecular weight is 303 g/mol. The number of halogens is 1. The van der Waals surface area contributed by atoms with E-state index in [-0.39, 0.29) is 11.8 Å². The predicted octanol–water partition coefficient (Wildman–Crippen LogP) is 3.30. The highest BCUT2D eigenvalue weighted by Gasteiger charge is 2.23. The van der Waals surface area contributed by atoms with Gasteiger partial charge in [-0.05, 0) is 42.9 Å². The molecular formula is C16H18FN3O2. The largest absolute Gasteiger partial charge is 0.363 e. The summed E-state index contributed by atoms with van der Waals surface area (Å²) in [7, 11) is 0. The Balaban J connectivity index is 1.47. The maximum atomic E-state index is 12.9. The number of nitrogens with one attached hydrogen (secondary N) is 1. The molecule has 1 aliphatic heterocycles. The zero-order valence-electron chi connectivity index (χ0n) is 12.2. The number of amides is 2. The van der Waals surface area contributed by atoms with Crippen LogP contribution in [0.2, 0.25) is 0 Å². The quantitative estimate of drug-likeness (QED) is 0.946. The molecule has 1 saturated heterocycles. The Kier molecular flexibility index (Phi) is 4.37. The number of urea groups is 1. The van der Waals surface area contributed by atoms with E-state index >= 15 is 0 Å². The van der Waals surface area contributed by atoms with E-state index in [1.165, 1.54) is 18.4 Å². The Labute approximate surface area is 128 Å². The maximum absolute atomic E-state index is 12.9. The van der Waals surface area contributed by atoms with Crippen LogP contribution < -0.4 is 5.32 Å². The molecule has 0 radical (unpaired) electrons. The molecule has 0 aliphatic carbocycles. The lowest BCUT2D eigenvalue weighted by Gasteiger charge is -2.31. The molecule has 1 fully saturated rings. The normalized spacial score (nSPS) is 15.8. The topological polar surface area (TPSA) is 58.4 Å². The van der Waals surface area contributed by atoms with Crippen LogP contribution in [0.25, 0.3) is 0 Å². The molecule has 1 aliphatic rings. The summed E-state index contributed by atoms with van der Waals surface area (Å²) >= 11 is 0. The van der Waals surface area contributed by atoms with E-state index in [0.29, 0.717) is 11.7 Å². The monoisotopic (exact) mass is 303 g/mol. The number of likely N-dealkylation sites (tertiary alicyclic amines) is 1. The maximum Gasteiger partial charge on any atom is 0.323 e. The third-order valence-corrected chi connectivity index (χ3v) is 4.01. The first-order chi connectivity index (χ1) is 10.7. The van der Waals surface area contributed by atoms with Crippen LogP contribution in [0.4, 0.5) is 15.0 Å². The number of carbonyl (C=O) groups is 1. The number of piperidine rings is 1. The van der Waals surface area contributed by atoms with Gasteiger partial charge in [-0.15, -0.1) is 0 Å². The molecular weight excluding hydrogens is 285 g/mol. The van der Waals surface area contributed by atoms with Gasteiger partial charge in [0.2, 0.25) is 0 Å². The molecule has 2 amide bonds. The zero-order chi connectivity index (χ0) is 15.4. The highest BCUT2D eigenvalue weighted by atomic mass is 19.1. The summed E-state index contributed by atoms with van der Waals surface area (Å²) in [6.45, 7) is 1.44. The van der Waals surface area contributed by atoms with Crippen LogP contribution in [-0.4, -0.2) is 29.2 Å². The second-order valence-electron chi connectivity index (χ2n) is 5.58. The van der Waals surface area contributed by atoms with E-state index in [1.54, 1.807) is 11.0 Å². The molecule has 22 heavy (non-hydrogen) atoms. The number of hydrogen-bond donors (Lipinski definition) is 1. The number of nitrogens with zero attached hydrogens (tertiary/aromatic N) is 2. The number of carbonyl (C=O) groups excluding carboxylic acids is 1. The zero-order valence-corrected chi connectivity index (χ0v) is 12.2. The van der Waals surface area contributed by atoms with Crippen molar-refractivity contribution in [2.24, 2.45) is 5.92 Å². The van der Waals surface area contributed by atoms with Gasteiger partial charge in [0.25, 0.3) is 0 Å². The molecule has 5 nitrogen and oxygen atoms in total. The van der Waals surface area contributed by atoms with Gasteiger partial charge in [-0.25, -0.2) is 9.18 Å². The summed E-state index contributed by atoms with van der Waals surface area (Å²) in [5, 5.41) is 6.37. The first-order valence-electron chi connectivity index (χ1n) is 7.41. The Hall–Kier alpha value is -2.37. The summed E-state index contributed by atoms with van der Waals surface area (Å²) in [6, 6.07) is 8.12. The van der Waals surface area contributed by atoms with E-state index in [0.717, 1.165) is 37.9 Å². The van der Waals surface area contributed by atoms with Crippen molar-refractivity contribution in [1.82, 2.24) is 10.1 Å². The van der Waals surface area contributed by atoms with Crippen molar-refractivity contribution in [3.8, 4) is 0 Å². The summed E-state index contributed by atoms with van der Waals surface area (Å²) in [5.74, 6) is 0.753. The average Bonchev–Trinajstić information content (AvgIpc) is 3.03. The number of rotatable bonds is 3. The van der Waals surface area contributed by atoms with Gasteiger partial charge >= 0.3 is 6.03 Å². The van der Waals surface area contributed by atoms with Crippen molar-refractivity contribution in [3.63, 3.8) is 0 Å². The number of benzene rings is 1. The smallest absolute Gasteiger partial charge is 0.323 e. The van der Waals surface area contributed by atoms with E-state index in [4.69, 9.17) is 0 Å². The molecule has 0 bridgehead atoms. The molecule has 6 heteroatoms. The molecule has 1 N–H and O–H groups in total. The molecule has 116 valence electrons. The van der Waals surface area contributed by atoms with E-state index in [2.05, 4.69) is 15.0 Å². The van der Waals surface area contributed by atoms with Gasteiger partial charge in [-0.2, -0.15) is 0 Å². The fourth-order valence-corrected chi connectivity index (χ4v) is 2.76. The molecule has 0 saturated carbocycles. The minimum atomic E-state index is -0.205. The van der Waals surface area contributed by atoms with Gasteiger partial charge in [-0.1, -0.05) is 17.3 Å². The molecule has 2 heterocycles. The van der Waals surface area contributed by atoms with Crippen LogP contribution in [0.1, 0.15) is 18.4 Å². The molecule has 0 spiro atoms. The highest BCUT2D eigenvalue weighted by molar-refractivity contribution is 5.88. The number of hydrogen-bond acceptors (Lipinski definition) is 3. The Morgan fingerprint density at radius 2 is 2.00 bits per heavy atom. The predicted molar refractivity (Wildman–Crippen MR) is 79.9 cm³/mol. The second kappa shape index (κ2) is 6.60. The van der Waals surface area contributed by atoms with Crippen LogP contribution in [0, 0.1) is 11.7 Å².